The van der Waals surface area contributed by atoms with Crippen molar-refractivity contribution in [2.45, 2.75) is 12.5 Å². The molecule has 3 rings (SSSR count). The number of halogens is 3. The Kier molecular flexibility index (Phi) is 5.53. The van der Waals surface area contributed by atoms with Crippen molar-refractivity contribution >= 4 is 11.9 Å². The molecule has 0 aliphatic carbocycles. The molecule has 1 heterocycles. The van der Waals surface area contributed by atoms with Gasteiger partial charge in [-0.3, -0.25) is 19.5 Å². The number of H-pyrrole nitrogens is 1. The van der Waals surface area contributed by atoms with Gasteiger partial charge in [-0.25, -0.2) is 17.9 Å². The molecule has 1 aromatic heterocycles. The van der Waals surface area contributed by atoms with Crippen LogP contribution in [0.1, 0.15) is 28.5 Å². The van der Waals surface area contributed by atoms with Crippen LogP contribution in [-0.4, -0.2) is 26.8 Å². The molecule has 150 valence electrons. The van der Waals surface area contributed by atoms with Crippen molar-refractivity contribution in [2.75, 3.05) is 0 Å². The van der Waals surface area contributed by atoms with Gasteiger partial charge in [-0.15, -0.1) is 0 Å². The molecule has 0 bridgehead atoms. The standard InChI is InChI=1S/C19H14F3N3O4/c20-10-4-6-11(7-5-10)25-16(26)8-15(24-25)19(29)23-14(9-17(27)28)18-12(21)2-1-3-13(18)22/h1-8,14,24H,9H2,(H,23,29)(H,27,28)/t14-/m0/s1. The van der Waals surface area contributed by atoms with E-state index in [1.165, 1.54) is 12.1 Å². The molecule has 0 aliphatic rings. The van der Waals surface area contributed by atoms with Gasteiger partial charge in [0.25, 0.3) is 11.5 Å². The Balaban J connectivity index is 1.91. The van der Waals surface area contributed by atoms with Crippen LogP contribution in [0, 0.1) is 17.5 Å². The van der Waals surface area contributed by atoms with Crippen LogP contribution in [0.5, 0.6) is 0 Å². The molecule has 1 amide bonds. The van der Waals surface area contributed by atoms with Crippen molar-refractivity contribution < 1.29 is 27.9 Å². The van der Waals surface area contributed by atoms with Crippen LogP contribution in [0.2, 0.25) is 0 Å². The minimum atomic E-state index is -1.51. The highest BCUT2D eigenvalue weighted by molar-refractivity contribution is 5.92. The van der Waals surface area contributed by atoms with Crippen molar-refractivity contribution in [2.24, 2.45) is 0 Å². The lowest BCUT2D eigenvalue weighted by Gasteiger charge is -2.18. The van der Waals surface area contributed by atoms with E-state index in [2.05, 4.69) is 10.4 Å². The molecule has 0 radical (unpaired) electrons. The van der Waals surface area contributed by atoms with E-state index < -0.39 is 52.9 Å². The van der Waals surface area contributed by atoms with Crippen molar-refractivity contribution in [3.05, 3.63) is 87.6 Å². The number of aliphatic carboxylic acids is 1. The highest BCUT2D eigenvalue weighted by Gasteiger charge is 2.26. The minimum absolute atomic E-state index is 0.248. The molecule has 3 aromatic rings. The second-order valence-corrected chi connectivity index (χ2v) is 6.08. The van der Waals surface area contributed by atoms with Crippen LogP contribution < -0.4 is 10.9 Å². The number of nitrogens with one attached hydrogen (secondary N) is 2. The van der Waals surface area contributed by atoms with Gasteiger partial charge in [-0.05, 0) is 36.4 Å². The summed E-state index contributed by atoms with van der Waals surface area (Å²) in [6.45, 7) is 0. The maximum atomic E-state index is 14.0. The number of hydrogen-bond donors (Lipinski definition) is 3. The fourth-order valence-corrected chi connectivity index (χ4v) is 2.77. The number of aromatic nitrogens is 2. The van der Waals surface area contributed by atoms with Crippen molar-refractivity contribution in [3.63, 3.8) is 0 Å². The van der Waals surface area contributed by atoms with E-state index in [-0.39, 0.29) is 11.4 Å². The minimum Gasteiger partial charge on any atom is -0.481 e. The summed E-state index contributed by atoms with van der Waals surface area (Å²) in [6.07, 6.45) is -0.785. The monoisotopic (exact) mass is 405 g/mol. The Hall–Kier alpha value is -3.82. The van der Waals surface area contributed by atoms with Gasteiger partial charge in [0.15, 0.2) is 0 Å². The van der Waals surface area contributed by atoms with Gasteiger partial charge in [0.1, 0.15) is 23.1 Å². The largest absolute Gasteiger partial charge is 0.481 e. The first-order valence-corrected chi connectivity index (χ1v) is 8.31. The Morgan fingerprint density at radius 1 is 1.07 bits per heavy atom. The summed E-state index contributed by atoms with van der Waals surface area (Å²) < 4.78 is 42.1. The van der Waals surface area contributed by atoms with Crippen LogP contribution >= 0.6 is 0 Å². The van der Waals surface area contributed by atoms with Gasteiger partial charge in [-0.2, -0.15) is 0 Å². The molecule has 7 nitrogen and oxygen atoms in total. The van der Waals surface area contributed by atoms with Crippen LogP contribution in [0.3, 0.4) is 0 Å². The fraction of sp³-hybridized carbons (Fsp3) is 0.105. The predicted octanol–water partition coefficient (Wildman–Crippen LogP) is 2.53. The zero-order chi connectivity index (χ0) is 21.1. The highest BCUT2D eigenvalue weighted by atomic mass is 19.1. The molecule has 0 saturated carbocycles. The number of carboxylic acids is 1. The molecule has 0 fully saturated rings. The van der Waals surface area contributed by atoms with E-state index in [4.69, 9.17) is 5.11 Å². The quantitative estimate of drug-likeness (QED) is 0.586. The molecule has 0 aliphatic heterocycles. The van der Waals surface area contributed by atoms with E-state index >= 15 is 0 Å². The number of benzene rings is 2. The number of nitrogens with zero attached hydrogens (tertiary/aromatic N) is 1. The molecule has 10 heteroatoms. The zero-order valence-corrected chi connectivity index (χ0v) is 14.7. The average molecular weight is 405 g/mol. The number of hydrogen-bond acceptors (Lipinski definition) is 3. The molecular formula is C19H14F3N3O4. The number of carboxylic acid groups (broad SMARTS) is 1. The number of aromatic amines is 1. The predicted molar refractivity (Wildman–Crippen MR) is 95.2 cm³/mol. The Bertz CT molecular complexity index is 1100. The average Bonchev–Trinajstić information content (AvgIpc) is 3.03. The Morgan fingerprint density at radius 3 is 2.28 bits per heavy atom. The van der Waals surface area contributed by atoms with Gasteiger partial charge >= 0.3 is 5.97 Å². The first-order chi connectivity index (χ1) is 13.8. The summed E-state index contributed by atoms with van der Waals surface area (Å²) in [5.74, 6) is -4.90. The van der Waals surface area contributed by atoms with E-state index in [1.807, 2.05) is 0 Å². The first kappa shape index (κ1) is 19.9. The zero-order valence-electron chi connectivity index (χ0n) is 14.7. The number of rotatable bonds is 6. The molecule has 2 aromatic carbocycles. The molecule has 3 N–H and O–H groups in total. The lowest BCUT2D eigenvalue weighted by atomic mass is 10.0. The third-order valence-electron chi connectivity index (χ3n) is 4.08. The second-order valence-electron chi connectivity index (χ2n) is 6.08. The van der Waals surface area contributed by atoms with Crippen LogP contribution in [-0.2, 0) is 4.79 Å². The van der Waals surface area contributed by atoms with E-state index in [0.717, 1.165) is 41.1 Å². The lowest BCUT2D eigenvalue weighted by Crippen LogP contribution is -2.31. The third kappa shape index (κ3) is 4.37. The molecule has 0 saturated heterocycles. The first-order valence-electron chi connectivity index (χ1n) is 8.31. The van der Waals surface area contributed by atoms with Crippen LogP contribution in [0.15, 0.2) is 53.3 Å². The van der Waals surface area contributed by atoms with E-state index in [1.54, 1.807) is 0 Å². The fourth-order valence-electron chi connectivity index (χ4n) is 2.77. The smallest absolute Gasteiger partial charge is 0.305 e. The molecule has 0 unspecified atom stereocenters. The summed E-state index contributed by atoms with van der Waals surface area (Å²) in [5, 5.41) is 13.8. The molecule has 1 atom stereocenters. The maximum absolute atomic E-state index is 14.0. The molecular weight excluding hydrogens is 391 g/mol. The van der Waals surface area contributed by atoms with Gasteiger partial charge in [-0.1, -0.05) is 6.07 Å². The Morgan fingerprint density at radius 2 is 1.69 bits per heavy atom. The SMILES string of the molecule is O=C(O)C[C@H](NC(=O)c1cc(=O)n(-c2ccc(F)cc2)[nH]1)c1c(F)cccc1F. The topological polar surface area (TPSA) is 104 Å². The van der Waals surface area contributed by atoms with Gasteiger partial charge in [0.05, 0.1) is 18.2 Å². The number of carbonyl (C=O) groups excluding carboxylic acids is 1. The number of carbonyl (C=O) groups is 2. The van der Waals surface area contributed by atoms with Crippen LogP contribution in [0.4, 0.5) is 13.2 Å². The molecule has 0 spiro atoms. The highest BCUT2D eigenvalue weighted by Crippen LogP contribution is 2.24. The van der Waals surface area contributed by atoms with Crippen molar-refractivity contribution in [1.29, 1.82) is 0 Å². The summed E-state index contributed by atoms with van der Waals surface area (Å²) >= 11 is 0. The lowest BCUT2D eigenvalue weighted by molar-refractivity contribution is -0.137. The van der Waals surface area contributed by atoms with E-state index in [9.17, 15) is 27.6 Å². The van der Waals surface area contributed by atoms with Crippen LogP contribution in [0.25, 0.3) is 5.69 Å². The van der Waals surface area contributed by atoms with Crippen molar-refractivity contribution in [3.8, 4) is 5.69 Å². The van der Waals surface area contributed by atoms with Crippen molar-refractivity contribution in [1.82, 2.24) is 15.1 Å². The summed E-state index contributed by atoms with van der Waals surface area (Å²) in [6, 6.07) is 7.23. The normalized spacial score (nSPS) is 11.8. The third-order valence-corrected chi connectivity index (χ3v) is 4.08. The maximum Gasteiger partial charge on any atom is 0.305 e. The molecule has 29 heavy (non-hydrogen) atoms. The van der Waals surface area contributed by atoms with Gasteiger partial charge < -0.3 is 10.4 Å². The number of amides is 1. The Labute approximate surface area is 161 Å². The van der Waals surface area contributed by atoms with Gasteiger partial charge in [0.2, 0.25) is 0 Å². The summed E-state index contributed by atoms with van der Waals surface area (Å²) in [5.41, 5.74) is -1.28. The summed E-state index contributed by atoms with van der Waals surface area (Å²) in [4.78, 5) is 35.7. The second kappa shape index (κ2) is 8.05. The van der Waals surface area contributed by atoms with E-state index in [0.29, 0.717) is 0 Å². The van der Waals surface area contributed by atoms with Gasteiger partial charge in [0, 0.05) is 11.6 Å². The summed E-state index contributed by atoms with van der Waals surface area (Å²) in [7, 11) is 0.